The lowest BCUT2D eigenvalue weighted by Crippen LogP contribution is -2.48. The molecule has 2 atom stereocenters. The fraction of sp³-hybridized carbons (Fsp3) is 0.412. The quantitative estimate of drug-likeness (QED) is 0.927. The number of amides is 1. The van der Waals surface area contributed by atoms with Crippen LogP contribution in [0, 0.1) is 6.92 Å². The molecule has 0 saturated carbocycles. The predicted molar refractivity (Wildman–Crippen MR) is 84.7 cm³/mol. The van der Waals surface area contributed by atoms with E-state index < -0.39 is 0 Å². The van der Waals surface area contributed by atoms with Gasteiger partial charge in [-0.3, -0.25) is 9.89 Å². The number of morpholine rings is 1. The fourth-order valence-corrected chi connectivity index (χ4v) is 2.82. The van der Waals surface area contributed by atoms with Gasteiger partial charge >= 0.3 is 0 Å². The van der Waals surface area contributed by atoms with Crippen LogP contribution in [-0.4, -0.2) is 46.3 Å². The number of nitrogens with zero attached hydrogens (tertiary/aromatic N) is 2. The van der Waals surface area contributed by atoms with Crippen molar-refractivity contribution in [3.8, 4) is 11.3 Å². The molecule has 0 radical (unpaired) electrons. The molecule has 1 saturated heterocycles. The second-order valence-corrected chi connectivity index (χ2v) is 6.00. The van der Waals surface area contributed by atoms with Gasteiger partial charge in [0, 0.05) is 18.7 Å². The minimum absolute atomic E-state index is 0.0205. The third-order valence-corrected chi connectivity index (χ3v) is 3.86. The van der Waals surface area contributed by atoms with E-state index in [0.29, 0.717) is 18.8 Å². The lowest BCUT2D eigenvalue weighted by molar-refractivity contribution is -0.0587. The number of aryl methyl sites for hydroxylation is 1. The summed E-state index contributed by atoms with van der Waals surface area (Å²) in [6.45, 7) is 7.25. The first-order chi connectivity index (χ1) is 10.5. The van der Waals surface area contributed by atoms with E-state index in [1.54, 1.807) is 0 Å². The maximum Gasteiger partial charge on any atom is 0.272 e. The number of hydrogen-bond acceptors (Lipinski definition) is 3. The van der Waals surface area contributed by atoms with Gasteiger partial charge in [-0.1, -0.05) is 29.8 Å². The van der Waals surface area contributed by atoms with E-state index in [9.17, 15) is 4.79 Å². The highest BCUT2D eigenvalue weighted by atomic mass is 16.5. The van der Waals surface area contributed by atoms with Crippen LogP contribution in [0.4, 0.5) is 0 Å². The zero-order valence-electron chi connectivity index (χ0n) is 13.2. The lowest BCUT2D eigenvalue weighted by Gasteiger charge is -2.34. The topological polar surface area (TPSA) is 58.2 Å². The Morgan fingerprint density at radius 2 is 1.86 bits per heavy atom. The Morgan fingerprint density at radius 1 is 1.23 bits per heavy atom. The molecule has 0 spiro atoms. The first kappa shape index (κ1) is 14.8. The molecule has 1 N–H and O–H groups in total. The molecule has 0 aliphatic carbocycles. The van der Waals surface area contributed by atoms with Gasteiger partial charge in [-0.25, -0.2) is 0 Å². The smallest absolute Gasteiger partial charge is 0.272 e. The van der Waals surface area contributed by atoms with Crippen molar-refractivity contribution in [1.29, 1.82) is 0 Å². The monoisotopic (exact) mass is 299 g/mol. The summed E-state index contributed by atoms with van der Waals surface area (Å²) in [5.41, 5.74) is 3.52. The number of ether oxygens (including phenoxy) is 1. The van der Waals surface area contributed by atoms with Crippen molar-refractivity contribution in [2.45, 2.75) is 33.0 Å². The maximum atomic E-state index is 12.6. The second-order valence-electron chi connectivity index (χ2n) is 6.00. The molecule has 3 rings (SSSR count). The molecule has 22 heavy (non-hydrogen) atoms. The molecule has 1 fully saturated rings. The molecular weight excluding hydrogens is 278 g/mol. The molecule has 2 aromatic rings. The minimum Gasteiger partial charge on any atom is -0.372 e. The standard InChI is InChI=1S/C17H21N3O2/c1-11-4-6-14(7-5-11)15-8-16(19-18-15)17(21)20-9-12(2)22-13(3)10-20/h4-8,12-13H,9-10H2,1-3H3,(H,18,19). The van der Waals surface area contributed by atoms with E-state index in [2.05, 4.69) is 10.2 Å². The van der Waals surface area contributed by atoms with Gasteiger partial charge < -0.3 is 9.64 Å². The highest BCUT2D eigenvalue weighted by molar-refractivity contribution is 5.93. The fourth-order valence-electron chi connectivity index (χ4n) is 2.82. The van der Waals surface area contributed by atoms with E-state index in [1.165, 1.54) is 5.56 Å². The first-order valence-corrected chi connectivity index (χ1v) is 7.60. The van der Waals surface area contributed by atoms with Gasteiger partial charge in [0.1, 0.15) is 5.69 Å². The normalized spacial score (nSPS) is 21.9. The van der Waals surface area contributed by atoms with Crippen LogP contribution in [0.3, 0.4) is 0 Å². The summed E-state index contributed by atoms with van der Waals surface area (Å²) in [7, 11) is 0. The largest absolute Gasteiger partial charge is 0.372 e. The van der Waals surface area contributed by atoms with Crippen LogP contribution in [0.25, 0.3) is 11.3 Å². The minimum atomic E-state index is -0.0205. The molecule has 0 bridgehead atoms. The van der Waals surface area contributed by atoms with Crippen LogP contribution >= 0.6 is 0 Å². The molecule has 5 heteroatoms. The van der Waals surface area contributed by atoms with E-state index in [4.69, 9.17) is 4.74 Å². The third-order valence-electron chi connectivity index (χ3n) is 3.86. The van der Waals surface area contributed by atoms with Crippen molar-refractivity contribution in [3.63, 3.8) is 0 Å². The highest BCUT2D eigenvalue weighted by Crippen LogP contribution is 2.20. The van der Waals surface area contributed by atoms with Gasteiger partial charge in [0.2, 0.25) is 0 Å². The molecule has 1 aliphatic rings. The van der Waals surface area contributed by atoms with E-state index in [0.717, 1.165) is 11.3 Å². The average molecular weight is 299 g/mol. The number of carbonyl (C=O) groups is 1. The van der Waals surface area contributed by atoms with Crippen molar-refractivity contribution in [2.24, 2.45) is 0 Å². The summed E-state index contributed by atoms with van der Waals surface area (Å²) >= 11 is 0. The lowest BCUT2D eigenvalue weighted by atomic mass is 10.1. The number of H-pyrrole nitrogens is 1. The Labute approximate surface area is 130 Å². The Hall–Kier alpha value is -2.14. The molecule has 5 nitrogen and oxygen atoms in total. The number of hydrogen-bond donors (Lipinski definition) is 1. The zero-order chi connectivity index (χ0) is 15.7. The molecule has 1 amide bonds. The van der Waals surface area contributed by atoms with Crippen LogP contribution in [0.1, 0.15) is 29.9 Å². The van der Waals surface area contributed by atoms with Crippen molar-refractivity contribution in [3.05, 3.63) is 41.6 Å². The van der Waals surface area contributed by atoms with Crippen LogP contribution < -0.4 is 0 Å². The number of aromatic amines is 1. The third kappa shape index (κ3) is 3.04. The van der Waals surface area contributed by atoms with Gasteiger partial charge in [0.25, 0.3) is 5.91 Å². The second kappa shape index (κ2) is 5.93. The predicted octanol–water partition coefficient (Wildman–Crippen LogP) is 2.63. The number of rotatable bonds is 2. The molecule has 2 unspecified atom stereocenters. The summed E-state index contributed by atoms with van der Waals surface area (Å²) in [6, 6.07) is 9.92. The molecular formula is C17H21N3O2. The zero-order valence-corrected chi connectivity index (χ0v) is 13.2. The van der Waals surface area contributed by atoms with E-state index in [1.807, 2.05) is 56.0 Å². The molecule has 1 aliphatic heterocycles. The Kier molecular flexibility index (Phi) is 3.98. The summed E-state index contributed by atoms with van der Waals surface area (Å²) in [4.78, 5) is 14.4. The molecule has 1 aromatic carbocycles. The highest BCUT2D eigenvalue weighted by Gasteiger charge is 2.27. The number of benzene rings is 1. The Morgan fingerprint density at radius 3 is 2.50 bits per heavy atom. The SMILES string of the molecule is Cc1ccc(-c2cc(C(=O)N3CC(C)OC(C)C3)[nH]n2)cc1. The van der Waals surface area contributed by atoms with Gasteiger partial charge in [-0.2, -0.15) is 5.10 Å². The number of carbonyl (C=O) groups excluding carboxylic acids is 1. The van der Waals surface area contributed by atoms with E-state index in [-0.39, 0.29) is 18.1 Å². The van der Waals surface area contributed by atoms with Crippen LogP contribution in [-0.2, 0) is 4.74 Å². The molecule has 1 aromatic heterocycles. The van der Waals surface area contributed by atoms with Gasteiger partial charge in [0.05, 0.1) is 17.9 Å². The Bertz CT molecular complexity index is 653. The van der Waals surface area contributed by atoms with Gasteiger partial charge in [-0.15, -0.1) is 0 Å². The van der Waals surface area contributed by atoms with E-state index >= 15 is 0 Å². The van der Waals surface area contributed by atoms with Crippen LogP contribution in [0.15, 0.2) is 30.3 Å². The molecule has 2 heterocycles. The van der Waals surface area contributed by atoms with Crippen molar-refractivity contribution in [2.75, 3.05) is 13.1 Å². The Balaban J connectivity index is 1.78. The van der Waals surface area contributed by atoms with Crippen molar-refractivity contribution < 1.29 is 9.53 Å². The molecule has 116 valence electrons. The summed E-state index contributed by atoms with van der Waals surface area (Å²) in [5.74, 6) is -0.0205. The first-order valence-electron chi connectivity index (χ1n) is 7.60. The van der Waals surface area contributed by atoms with Gasteiger partial charge in [-0.05, 0) is 26.8 Å². The van der Waals surface area contributed by atoms with Crippen LogP contribution in [0.2, 0.25) is 0 Å². The number of aromatic nitrogens is 2. The summed E-state index contributed by atoms with van der Waals surface area (Å²) in [6.07, 6.45) is 0.124. The van der Waals surface area contributed by atoms with Gasteiger partial charge in [0.15, 0.2) is 0 Å². The van der Waals surface area contributed by atoms with Crippen molar-refractivity contribution in [1.82, 2.24) is 15.1 Å². The average Bonchev–Trinajstić information content (AvgIpc) is 2.96. The van der Waals surface area contributed by atoms with Crippen molar-refractivity contribution >= 4 is 5.91 Å². The number of nitrogens with one attached hydrogen (secondary N) is 1. The summed E-state index contributed by atoms with van der Waals surface area (Å²) in [5, 5.41) is 7.13. The summed E-state index contributed by atoms with van der Waals surface area (Å²) < 4.78 is 5.67. The van der Waals surface area contributed by atoms with Crippen LogP contribution in [0.5, 0.6) is 0 Å². The maximum absolute atomic E-state index is 12.6.